The molecule has 3 rings (SSSR count). The van der Waals surface area contributed by atoms with Gasteiger partial charge in [-0.3, -0.25) is 4.79 Å². The van der Waals surface area contributed by atoms with Crippen LogP contribution in [-0.4, -0.2) is 30.8 Å². The van der Waals surface area contributed by atoms with E-state index in [9.17, 15) is 9.59 Å². The molecule has 142 valence electrons. The lowest BCUT2D eigenvalue weighted by Gasteiger charge is -2.27. The maximum atomic E-state index is 13.1. The Morgan fingerprint density at radius 2 is 1.89 bits per heavy atom. The molecule has 1 heterocycles. The van der Waals surface area contributed by atoms with Gasteiger partial charge in [-0.05, 0) is 48.4 Å². The van der Waals surface area contributed by atoms with Gasteiger partial charge in [0.25, 0.3) is 0 Å². The fourth-order valence-electron chi connectivity index (χ4n) is 3.26. The average molecular weight is 384 g/mol. The Labute approximate surface area is 164 Å². The zero-order valence-corrected chi connectivity index (χ0v) is 16.7. The first-order valence-electron chi connectivity index (χ1n) is 9.10. The monoisotopic (exact) mass is 383 g/mol. The summed E-state index contributed by atoms with van der Waals surface area (Å²) in [7, 11) is 0. The molecular weight excluding hydrogens is 358 g/mol. The van der Waals surface area contributed by atoms with Crippen molar-refractivity contribution < 1.29 is 9.59 Å². The van der Waals surface area contributed by atoms with Crippen molar-refractivity contribution in [2.45, 2.75) is 31.2 Å². The number of hydrogen-bond acceptors (Lipinski definition) is 3. The Balaban J connectivity index is 1.70. The van der Waals surface area contributed by atoms with E-state index in [0.29, 0.717) is 12.2 Å². The molecule has 0 spiro atoms. The van der Waals surface area contributed by atoms with Gasteiger partial charge in [0.15, 0.2) is 0 Å². The van der Waals surface area contributed by atoms with Crippen molar-refractivity contribution >= 4 is 35.1 Å². The van der Waals surface area contributed by atoms with Crippen LogP contribution in [0.5, 0.6) is 0 Å². The summed E-state index contributed by atoms with van der Waals surface area (Å²) < 4.78 is 0. The van der Waals surface area contributed by atoms with E-state index in [1.807, 2.05) is 68.6 Å². The number of benzene rings is 2. The molecule has 1 aliphatic rings. The highest BCUT2D eigenvalue weighted by Crippen LogP contribution is 2.28. The number of rotatable bonds is 5. The van der Waals surface area contributed by atoms with Crippen LogP contribution in [0.4, 0.5) is 16.2 Å². The second kappa shape index (κ2) is 8.48. The number of carbonyl (C=O) groups is 2. The maximum Gasteiger partial charge on any atom is 0.319 e. The van der Waals surface area contributed by atoms with Gasteiger partial charge in [0.2, 0.25) is 5.91 Å². The third-order valence-corrected chi connectivity index (χ3v) is 5.43. The van der Waals surface area contributed by atoms with Gasteiger partial charge < -0.3 is 15.5 Å². The molecule has 0 radical (unpaired) electrons. The topological polar surface area (TPSA) is 61.4 Å². The Morgan fingerprint density at radius 1 is 1.11 bits per heavy atom. The molecule has 2 aromatic rings. The Morgan fingerprint density at radius 3 is 2.63 bits per heavy atom. The summed E-state index contributed by atoms with van der Waals surface area (Å²) in [5, 5.41) is 5.69. The molecule has 0 unspecified atom stereocenters. The summed E-state index contributed by atoms with van der Waals surface area (Å²) in [6.45, 7) is 4.54. The van der Waals surface area contributed by atoms with Gasteiger partial charge in [0.1, 0.15) is 6.04 Å². The second-order valence-electron chi connectivity index (χ2n) is 6.92. The smallest absolute Gasteiger partial charge is 0.319 e. The van der Waals surface area contributed by atoms with Gasteiger partial charge >= 0.3 is 6.03 Å². The molecule has 0 aliphatic carbocycles. The molecule has 6 heteroatoms. The molecule has 0 saturated carbocycles. The SMILES string of the molecule is CSc1cccc(NC(=O)N[C@@H](C(=O)N2CCc3ccccc32)C(C)C)c1. The highest BCUT2D eigenvalue weighted by Gasteiger charge is 2.32. The average Bonchev–Trinajstić information content (AvgIpc) is 3.09. The predicted molar refractivity (Wildman–Crippen MR) is 112 cm³/mol. The number of amides is 3. The zero-order chi connectivity index (χ0) is 19.4. The van der Waals surface area contributed by atoms with E-state index in [1.54, 1.807) is 16.7 Å². The number of para-hydroxylation sites is 1. The molecular formula is C21H25N3O2S. The van der Waals surface area contributed by atoms with Gasteiger partial charge in [0, 0.05) is 22.8 Å². The first kappa shape index (κ1) is 19.3. The van der Waals surface area contributed by atoms with Crippen LogP contribution in [0, 0.1) is 5.92 Å². The number of nitrogens with one attached hydrogen (secondary N) is 2. The summed E-state index contributed by atoms with van der Waals surface area (Å²) in [6.07, 6.45) is 2.83. The molecule has 2 N–H and O–H groups in total. The standard InChI is InChI=1S/C21H25N3O2S/c1-14(2)19(20(25)24-12-11-15-7-4-5-10-18(15)24)23-21(26)22-16-8-6-9-17(13-16)27-3/h4-10,13-14,19H,11-12H2,1-3H3,(H2,22,23,26)/t19-/m1/s1. The number of hydrogen-bond donors (Lipinski definition) is 2. The first-order chi connectivity index (χ1) is 13.0. The Hall–Kier alpha value is -2.47. The number of nitrogens with zero attached hydrogens (tertiary/aromatic N) is 1. The Kier molecular flexibility index (Phi) is 6.06. The van der Waals surface area contributed by atoms with Crippen molar-refractivity contribution in [3.05, 3.63) is 54.1 Å². The van der Waals surface area contributed by atoms with Crippen LogP contribution in [0.25, 0.3) is 0 Å². The van der Waals surface area contributed by atoms with Crippen molar-refractivity contribution in [1.29, 1.82) is 0 Å². The molecule has 0 saturated heterocycles. The van der Waals surface area contributed by atoms with E-state index in [2.05, 4.69) is 10.6 Å². The van der Waals surface area contributed by atoms with Gasteiger partial charge in [-0.15, -0.1) is 11.8 Å². The fraction of sp³-hybridized carbons (Fsp3) is 0.333. The van der Waals surface area contributed by atoms with Gasteiger partial charge in [-0.2, -0.15) is 0 Å². The van der Waals surface area contributed by atoms with Gasteiger partial charge in [-0.1, -0.05) is 38.1 Å². The third-order valence-electron chi connectivity index (χ3n) is 4.70. The minimum atomic E-state index is -0.583. The van der Waals surface area contributed by atoms with Crippen molar-refractivity contribution in [3.8, 4) is 0 Å². The number of anilines is 2. The predicted octanol–water partition coefficient (Wildman–Crippen LogP) is 4.14. The molecule has 5 nitrogen and oxygen atoms in total. The van der Waals surface area contributed by atoms with E-state index in [0.717, 1.165) is 17.0 Å². The molecule has 0 bridgehead atoms. The molecule has 0 fully saturated rings. The summed E-state index contributed by atoms with van der Waals surface area (Å²) >= 11 is 1.61. The number of thioether (sulfide) groups is 1. The van der Waals surface area contributed by atoms with Crippen molar-refractivity contribution in [3.63, 3.8) is 0 Å². The summed E-state index contributed by atoms with van der Waals surface area (Å²) in [5.74, 6) is -0.0866. The van der Waals surface area contributed by atoms with E-state index >= 15 is 0 Å². The zero-order valence-electron chi connectivity index (χ0n) is 15.9. The summed E-state index contributed by atoms with van der Waals surface area (Å²) in [5.41, 5.74) is 2.83. The van der Waals surface area contributed by atoms with Gasteiger partial charge in [0.05, 0.1) is 0 Å². The summed E-state index contributed by atoms with van der Waals surface area (Å²) in [6, 6.07) is 14.6. The molecule has 1 atom stereocenters. The van der Waals surface area contributed by atoms with Crippen LogP contribution in [-0.2, 0) is 11.2 Å². The lowest BCUT2D eigenvalue weighted by Crippen LogP contribution is -2.52. The first-order valence-corrected chi connectivity index (χ1v) is 10.3. The highest BCUT2D eigenvalue weighted by atomic mass is 32.2. The van der Waals surface area contributed by atoms with Gasteiger partial charge in [-0.25, -0.2) is 4.79 Å². The molecule has 1 aliphatic heterocycles. The van der Waals surface area contributed by atoms with Crippen LogP contribution in [0.3, 0.4) is 0 Å². The maximum absolute atomic E-state index is 13.1. The van der Waals surface area contributed by atoms with E-state index in [1.165, 1.54) is 5.56 Å². The fourth-order valence-corrected chi connectivity index (χ4v) is 3.72. The third kappa shape index (κ3) is 4.45. The lowest BCUT2D eigenvalue weighted by molar-refractivity contribution is -0.121. The minimum absolute atomic E-state index is 0.0199. The minimum Gasteiger partial charge on any atom is -0.326 e. The van der Waals surface area contributed by atoms with Crippen LogP contribution < -0.4 is 15.5 Å². The normalized spacial score (nSPS) is 14.0. The number of carbonyl (C=O) groups excluding carboxylic acids is 2. The quantitative estimate of drug-likeness (QED) is 0.763. The molecule has 3 amide bonds. The van der Waals surface area contributed by atoms with E-state index in [4.69, 9.17) is 0 Å². The largest absolute Gasteiger partial charge is 0.326 e. The molecule has 2 aromatic carbocycles. The number of urea groups is 1. The molecule has 0 aromatic heterocycles. The van der Waals surface area contributed by atoms with Crippen LogP contribution >= 0.6 is 11.8 Å². The number of fused-ring (bicyclic) bond motifs is 1. The van der Waals surface area contributed by atoms with Crippen molar-refractivity contribution in [2.75, 3.05) is 23.0 Å². The lowest BCUT2D eigenvalue weighted by atomic mass is 10.0. The second-order valence-corrected chi connectivity index (χ2v) is 7.80. The highest BCUT2D eigenvalue weighted by molar-refractivity contribution is 7.98. The van der Waals surface area contributed by atoms with E-state index in [-0.39, 0.29) is 17.9 Å². The van der Waals surface area contributed by atoms with Crippen molar-refractivity contribution in [2.24, 2.45) is 5.92 Å². The van der Waals surface area contributed by atoms with Crippen molar-refractivity contribution in [1.82, 2.24) is 5.32 Å². The van der Waals surface area contributed by atoms with Crippen LogP contribution in [0.15, 0.2) is 53.4 Å². The van der Waals surface area contributed by atoms with Crippen LogP contribution in [0.2, 0.25) is 0 Å². The van der Waals surface area contributed by atoms with E-state index < -0.39 is 6.04 Å². The van der Waals surface area contributed by atoms with Crippen LogP contribution in [0.1, 0.15) is 19.4 Å². The Bertz CT molecular complexity index is 838. The summed E-state index contributed by atoms with van der Waals surface area (Å²) in [4.78, 5) is 28.5. The molecule has 27 heavy (non-hydrogen) atoms.